The molecule has 1 saturated heterocycles. The Hall–Kier alpha value is -1.84. The summed E-state index contributed by atoms with van der Waals surface area (Å²) in [5.41, 5.74) is 1.39. The van der Waals surface area contributed by atoms with Gasteiger partial charge in [-0.2, -0.15) is 11.8 Å². The van der Waals surface area contributed by atoms with Gasteiger partial charge in [0, 0.05) is 12.6 Å². The molecule has 9 heteroatoms. The largest absolute Gasteiger partial charge is 0.548 e. The molecule has 2 amide bonds. The highest BCUT2D eigenvalue weighted by Gasteiger charge is 2.37. The normalized spacial score (nSPS) is 16.8. The van der Waals surface area contributed by atoms with E-state index in [0.29, 0.717) is 16.3 Å². The van der Waals surface area contributed by atoms with Crippen molar-refractivity contribution in [2.45, 2.75) is 19.4 Å². The minimum atomic E-state index is -1.31. The van der Waals surface area contributed by atoms with Crippen LogP contribution in [0.15, 0.2) is 29.2 Å². The predicted molar refractivity (Wildman–Crippen MR) is 108 cm³/mol. The van der Waals surface area contributed by atoms with Gasteiger partial charge in [0.05, 0.1) is 16.9 Å². The average Bonchev–Trinajstić information content (AvgIpc) is 2.84. The fraction of sp³-hybridized carbons (Fsp3) is 0.294. The molecular formula is C17H17N2O4S3-. The lowest BCUT2D eigenvalue weighted by Crippen LogP contribution is -2.50. The molecule has 0 bridgehead atoms. The molecule has 2 rings (SSSR count). The lowest BCUT2D eigenvalue weighted by atomic mass is 10.1. The van der Waals surface area contributed by atoms with Crippen LogP contribution in [0.4, 0.5) is 5.69 Å². The molecular weight excluding hydrogens is 392 g/mol. The van der Waals surface area contributed by atoms with E-state index < -0.39 is 17.9 Å². The Bertz CT molecular complexity index is 762. The second-order valence-electron chi connectivity index (χ2n) is 5.47. The van der Waals surface area contributed by atoms with Crippen molar-refractivity contribution in [3.63, 3.8) is 0 Å². The number of anilines is 1. The van der Waals surface area contributed by atoms with Crippen LogP contribution in [0.3, 0.4) is 0 Å². The molecule has 1 heterocycles. The highest BCUT2D eigenvalue weighted by molar-refractivity contribution is 8.26. The van der Waals surface area contributed by atoms with Crippen molar-refractivity contribution in [2.24, 2.45) is 0 Å². The zero-order chi connectivity index (χ0) is 19.3. The van der Waals surface area contributed by atoms with E-state index in [4.69, 9.17) is 12.2 Å². The summed E-state index contributed by atoms with van der Waals surface area (Å²) in [5, 5.41) is 14.1. The van der Waals surface area contributed by atoms with Gasteiger partial charge in [-0.3, -0.25) is 14.5 Å². The molecule has 0 aromatic heterocycles. The van der Waals surface area contributed by atoms with Crippen LogP contribution in [-0.4, -0.2) is 45.1 Å². The third-order valence-corrected chi connectivity index (χ3v) is 5.51. The number of thioether (sulfide) groups is 2. The van der Waals surface area contributed by atoms with Crippen LogP contribution >= 0.6 is 35.7 Å². The first kappa shape index (κ1) is 20.5. The molecule has 0 aliphatic carbocycles. The van der Waals surface area contributed by atoms with Gasteiger partial charge in [0.2, 0.25) is 5.91 Å². The summed E-state index contributed by atoms with van der Waals surface area (Å²) in [7, 11) is 0. The van der Waals surface area contributed by atoms with Gasteiger partial charge in [0.15, 0.2) is 0 Å². The van der Waals surface area contributed by atoms with Crippen LogP contribution in [0.25, 0.3) is 6.08 Å². The molecule has 0 spiro atoms. The molecule has 1 aromatic carbocycles. The first-order valence-electron chi connectivity index (χ1n) is 7.68. The Kier molecular flexibility index (Phi) is 7.24. The van der Waals surface area contributed by atoms with Crippen LogP contribution < -0.4 is 10.4 Å². The van der Waals surface area contributed by atoms with Crippen LogP contribution in [0, 0.1) is 0 Å². The van der Waals surface area contributed by atoms with Gasteiger partial charge in [-0.15, -0.1) is 0 Å². The molecule has 0 unspecified atom stereocenters. The highest BCUT2D eigenvalue weighted by atomic mass is 32.2. The Labute approximate surface area is 165 Å². The van der Waals surface area contributed by atoms with E-state index in [1.54, 1.807) is 30.3 Å². The number of carbonyl (C=O) groups is 3. The molecule has 26 heavy (non-hydrogen) atoms. The number of amides is 2. The molecule has 1 N–H and O–H groups in total. The molecule has 1 atom stereocenters. The van der Waals surface area contributed by atoms with Crippen LogP contribution in [0.5, 0.6) is 0 Å². The maximum absolute atomic E-state index is 12.6. The fourth-order valence-electron chi connectivity index (χ4n) is 2.35. The molecule has 0 saturated carbocycles. The Balaban J connectivity index is 2.20. The van der Waals surface area contributed by atoms with Crippen LogP contribution in [0.2, 0.25) is 0 Å². The van der Waals surface area contributed by atoms with Crippen LogP contribution in [0.1, 0.15) is 18.9 Å². The smallest absolute Gasteiger partial charge is 0.266 e. The SMILES string of the molecule is CSCC[C@@H](C(=O)[O-])N1C(=O)/C(=C\c2ccc(NC(C)=O)cc2)SC1=S. The monoisotopic (exact) mass is 409 g/mol. The number of rotatable bonds is 7. The lowest BCUT2D eigenvalue weighted by molar-refractivity contribution is -0.310. The number of nitrogens with one attached hydrogen (secondary N) is 1. The van der Waals surface area contributed by atoms with Crippen molar-refractivity contribution >= 4 is 69.6 Å². The number of nitrogens with zero attached hydrogens (tertiary/aromatic N) is 1. The molecule has 1 aliphatic rings. The second-order valence-corrected chi connectivity index (χ2v) is 8.13. The summed E-state index contributed by atoms with van der Waals surface area (Å²) in [6, 6.07) is 5.87. The molecule has 1 aliphatic heterocycles. The van der Waals surface area contributed by atoms with Crippen molar-refractivity contribution in [1.82, 2.24) is 4.90 Å². The topological polar surface area (TPSA) is 89.5 Å². The number of carboxylic acids is 1. The Morgan fingerprint density at radius 1 is 1.38 bits per heavy atom. The number of hydrogen-bond donors (Lipinski definition) is 1. The number of aliphatic carboxylic acids is 1. The Morgan fingerprint density at radius 2 is 2.04 bits per heavy atom. The zero-order valence-corrected chi connectivity index (χ0v) is 16.6. The van der Waals surface area contributed by atoms with E-state index in [1.165, 1.54) is 18.7 Å². The zero-order valence-electron chi connectivity index (χ0n) is 14.2. The van der Waals surface area contributed by atoms with Crippen molar-refractivity contribution in [2.75, 3.05) is 17.3 Å². The van der Waals surface area contributed by atoms with Gasteiger partial charge < -0.3 is 15.2 Å². The first-order chi connectivity index (χ1) is 12.3. The number of carbonyl (C=O) groups excluding carboxylic acids is 3. The average molecular weight is 410 g/mol. The van der Waals surface area contributed by atoms with Gasteiger partial charge in [-0.05, 0) is 42.2 Å². The number of benzene rings is 1. The van der Waals surface area contributed by atoms with Crippen molar-refractivity contribution in [3.05, 3.63) is 34.7 Å². The van der Waals surface area contributed by atoms with E-state index in [2.05, 4.69) is 5.32 Å². The molecule has 138 valence electrons. The number of hydrogen-bond acceptors (Lipinski definition) is 7. The standard InChI is InChI=1S/C17H18N2O4S3/c1-10(20)18-12-5-3-11(4-6-12)9-14-15(21)19(17(24)26-14)13(16(22)23)7-8-25-2/h3-6,9,13H,7-8H2,1-2H3,(H,18,20)(H,22,23)/p-1/b14-9+/t13-/m0/s1. The molecule has 0 radical (unpaired) electrons. The van der Waals surface area contributed by atoms with Crippen molar-refractivity contribution in [1.29, 1.82) is 0 Å². The van der Waals surface area contributed by atoms with Gasteiger partial charge in [0.1, 0.15) is 4.32 Å². The summed E-state index contributed by atoms with van der Waals surface area (Å²) >= 11 is 7.77. The lowest BCUT2D eigenvalue weighted by Gasteiger charge is -2.27. The van der Waals surface area contributed by atoms with E-state index in [-0.39, 0.29) is 16.6 Å². The minimum absolute atomic E-state index is 0.169. The summed E-state index contributed by atoms with van der Waals surface area (Å²) in [6.45, 7) is 1.42. The van der Waals surface area contributed by atoms with E-state index >= 15 is 0 Å². The van der Waals surface area contributed by atoms with Crippen molar-refractivity contribution in [3.8, 4) is 0 Å². The maximum atomic E-state index is 12.6. The second kappa shape index (κ2) is 9.20. The molecule has 1 fully saturated rings. The predicted octanol–water partition coefficient (Wildman–Crippen LogP) is 1.72. The number of carboxylic acid groups (broad SMARTS) is 1. The minimum Gasteiger partial charge on any atom is -0.548 e. The summed E-state index contributed by atoms with van der Waals surface area (Å²) in [5.74, 6) is -1.32. The number of thiocarbonyl (C=S) groups is 1. The van der Waals surface area contributed by atoms with Gasteiger partial charge in [-0.1, -0.05) is 36.1 Å². The highest BCUT2D eigenvalue weighted by Crippen LogP contribution is 2.34. The quantitative estimate of drug-likeness (QED) is 0.542. The van der Waals surface area contributed by atoms with Gasteiger partial charge in [0.25, 0.3) is 5.91 Å². The first-order valence-corrected chi connectivity index (χ1v) is 10.3. The van der Waals surface area contributed by atoms with Crippen LogP contribution in [-0.2, 0) is 14.4 Å². The van der Waals surface area contributed by atoms with E-state index in [1.807, 2.05) is 6.26 Å². The molecule has 1 aromatic rings. The third kappa shape index (κ3) is 5.09. The Morgan fingerprint density at radius 3 is 2.58 bits per heavy atom. The van der Waals surface area contributed by atoms with Gasteiger partial charge >= 0.3 is 0 Å². The fourth-order valence-corrected chi connectivity index (χ4v) is 4.16. The molecule has 6 nitrogen and oxygen atoms in total. The van der Waals surface area contributed by atoms with Crippen molar-refractivity contribution < 1.29 is 19.5 Å². The maximum Gasteiger partial charge on any atom is 0.266 e. The summed E-state index contributed by atoms with van der Waals surface area (Å²) in [4.78, 5) is 36.6. The van der Waals surface area contributed by atoms with E-state index in [9.17, 15) is 19.5 Å². The third-order valence-electron chi connectivity index (χ3n) is 3.53. The van der Waals surface area contributed by atoms with Gasteiger partial charge in [-0.25, -0.2) is 0 Å². The summed E-state index contributed by atoms with van der Waals surface area (Å²) in [6.07, 6.45) is 3.79. The summed E-state index contributed by atoms with van der Waals surface area (Å²) < 4.78 is 0.214. The van der Waals surface area contributed by atoms with E-state index in [0.717, 1.165) is 22.2 Å².